The predicted molar refractivity (Wildman–Crippen MR) is 57.9 cm³/mol. The first kappa shape index (κ1) is 10.9. The number of carbonyl (C=O) groups excluding carboxylic acids is 1. The van der Waals surface area contributed by atoms with Crippen LogP contribution in [0.25, 0.3) is 0 Å². The van der Waals surface area contributed by atoms with E-state index in [0.29, 0.717) is 12.4 Å². The molecule has 2 heterocycles. The third-order valence-electron chi connectivity index (χ3n) is 2.67. The first-order valence-corrected chi connectivity index (χ1v) is 5.44. The molecule has 1 aromatic heterocycles. The molecule has 0 N–H and O–H groups in total. The minimum absolute atomic E-state index is 0.0487. The predicted octanol–water partition coefficient (Wildman–Crippen LogP) is 0.866. The number of amides is 1. The van der Waals surface area contributed by atoms with Crippen molar-refractivity contribution in [2.24, 2.45) is 0 Å². The highest BCUT2D eigenvalue weighted by Crippen LogP contribution is 2.15. The minimum atomic E-state index is 0.0487. The third kappa shape index (κ3) is 2.68. The van der Waals surface area contributed by atoms with E-state index in [9.17, 15) is 4.79 Å². The van der Waals surface area contributed by atoms with Crippen LogP contribution in [0.2, 0.25) is 0 Å². The summed E-state index contributed by atoms with van der Waals surface area (Å²) in [5.41, 5.74) is 0. The summed E-state index contributed by atoms with van der Waals surface area (Å²) in [6.45, 7) is 3.07. The molecule has 16 heavy (non-hydrogen) atoms. The van der Waals surface area contributed by atoms with Gasteiger partial charge >= 0.3 is 0 Å². The Morgan fingerprint density at radius 3 is 3.19 bits per heavy atom. The van der Waals surface area contributed by atoms with Crippen molar-refractivity contribution >= 4 is 5.91 Å². The standard InChI is InChI=1S/C11H15N3O2/c1-9(15)14-6-2-3-10(7-14)16-11-4-5-12-8-13-11/h4-5,8,10H,2-3,6-7H2,1H3/t10-/m1/s1. The van der Waals surface area contributed by atoms with Crippen LogP contribution in [0.3, 0.4) is 0 Å². The van der Waals surface area contributed by atoms with Gasteiger partial charge in [-0.1, -0.05) is 0 Å². The average molecular weight is 221 g/mol. The summed E-state index contributed by atoms with van der Waals surface area (Å²) in [5.74, 6) is 0.682. The lowest BCUT2D eigenvalue weighted by atomic mass is 10.1. The van der Waals surface area contributed by atoms with E-state index in [1.807, 2.05) is 4.90 Å². The van der Waals surface area contributed by atoms with Crippen LogP contribution < -0.4 is 4.74 Å². The zero-order valence-electron chi connectivity index (χ0n) is 9.30. The smallest absolute Gasteiger partial charge is 0.219 e. The van der Waals surface area contributed by atoms with Crippen LogP contribution in [0, 0.1) is 0 Å². The van der Waals surface area contributed by atoms with E-state index in [1.165, 1.54) is 6.33 Å². The quantitative estimate of drug-likeness (QED) is 0.743. The van der Waals surface area contributed by atoms with E-state index < -0.39 is 0 Å². The van der Waals surface area contributed by atoms with E-state index in [-0.39, 0.29) is 12.0 Å². The second-order valence-corrected chi connectivity index (χ2v) is 3.89. The van der Waals surface area contributed by atoms with Gasteiger partial charge in [-0.25, -0.2) is 9.97 Å². The van der Waals surface area contributed by atoms with Crippen LogP contribution in [-0.2, 0) is 4.79 Å². The van der Waals surface area contributed by atoms with Gasteiger partial charge in [0.15, 0.2) is 0 Å². The van der Waals surface area contributed by atoms with E-state index >= 15 is 0 Å². The van der Waals surface area contributed by atoms with Gasteiger partial charge in [-0.15, -0.1) is 0 Å². The number of hydrogen-bond donors (Lipinski definition) is 0. The van der Waals surface area contributed by atoms with Gasteiger partial charge in [0, 0.05) is 25.7 Å². The van der Waals surface area contributed by atoms with Crippen molar-refractivity contribution in [1.82, 2.24) is 14.9 Å². The highest BCUT2D eigenvalue weighted by molar-refractivity contribution is 5.73. The second kappa shape index (κ2) is 4.92. The fourth-order valence-corrected chi connectivity index (χ4v) is 1.84. The molecular formula is C11H15N3O2. The lowest BCUT2D eigenvalue weighted by Crippen LogP contribution is -2.43. The van der Waals surface area contributed by atoms with Crippen LogP contribution in [0.15, 0.2) is 18.6 Å². The molecule has 1 saturated heterocycles. The van der Waals surface area contributed by atoms with E-state index in [0.717, 1.165) is 19.4 Å². The van der Waals surface area contributed by atoms with Gasteiger partial charge in [0.1, 0.15) is 12.4 Å². The van der Waals surface area contributed by atoms with Crippen molar-refractivity contribution in [3.63, 3.8) is 0 Å². The van der Waals surface area contributed by atoms with Gasteiger partial charge in [-0.3, -0.25) is 4.79 Å². The Kier molecular flexibility index (Phi) is 3.34. The molecule has 5 heteroatoms. The summed E-state index contributed by atoms with van der Waals surface area (Å²) < 4.78 is 5.69. The number of carbonyl (C=O) groups is 1. The molecule has 0 aliphatic carbocycles. The number of ether oxygens (including phenoxy) is 1. The molecule has 1 aliphatic rings. The number of nitrogens with zero attached hydrogens (tertiary/aromatic N) is 3. The number of hydrogen-bond acceptors (Lipinski definition) is 4. The Hall–Kier alpha value is -1.65. The molecule has 0 unspecified atom stereocenters. The largest absolute Gasteiger partial charge is 0.472 e. The molecule has 1 aromatic rings. The zero-order chi connectivity index (χ0) is 11.4. The second-order valence-electron chi connectivity index (χ2n) is 3.89. The maximum absolute atomic E-state index is 11.2. The topological polar surface area (TPSA) is 55.3 Å². The first-order valence-electron chi connectivity index (χ1n) is 5.44. The fraction of sp³-hybridized carbons (Fsp3) is 0.545. The molecule has 2 rings (SSSR count). The molecule has 0 saturated carbocycles. The Morgan fingerprint density at radius 2 is 2.50 bits per heavy atom. The summed E-state index contributed by atoms with van der Waals surface area (Å²) in [6, 6.07) is 1.73. The van der Waals surface area contributed by atoms with Gasteiger partial charge in [-0.05, 0) is 12.8 Å². The monoisotopic (exact) mass is 221 g/mol. The summed E-state index contributed by atoms with van der Waals surface area (Å²) in [4.78, 5) is 20.9. The van der Waals surface area contributed by atoms with Crippen molar-refractivity contribution in [2.45, 2.75) is 25.9 Å². The molecule has 1 aliphatic heterocycles. The highest BCUT2D eigenvalue weighted by Gasteiger charge is 2.22. The molecular weight excluding hydrogens is 206 g/mol. The SMILES string of the molecule is CC(=O)N1CCC[C@@H](Oc2ccncn2)C1. The molecule has 1 amide bonds. The number of piperidine rings is 1. The minimum Gasteiger partial charge on any atom is -0.472 e. The Morgan fingerprint density at radius 1 is 1.62 bits per heavy atom. The van der Waals surface area contributed by atoms with Crippen LogP contribution in [0.1, 0.15) is 19.8 Å². The number of likely N-dealkylation sites (tertiary alicyclic amines) is 1. The van der Waals surface area contributed by atoms with Gasteiger partial charge in [0.2, 0.25) is 11.8 Å². The van der Waals surface area contributed by atoms with Crippen molar-refractivity contribution in [1.29, 1.82) is 0 Å². The number of rotatable bonds is 2. The van der Waals surface area contributed by atoms with Crippen LogP contribution >= 0.6 is 0 Å². The fourth-order valence-electron chi connectivity index (χ4n) is 1.84. The van der Waals surface area contributed by atoms with Crippen molar-refractivity contribution in [3.8, 4) is 5.88 Å². The van der Waals surface area contributed by atoms with Gasteiger partial charge < -0.3 is 9.64 Å². The Labute approximate surface area is 94.5 Å². The van der Waals surface area contributed by atoms with Crippen molar-refractivity contribution < 1.29 is 9.53 Å². The molecule has 1 fully saturated rings. The molecule has 1 atom stereocenters. The molecule has 0 spiro atoms. The first-order chi connectivity index (χ1) is 7.75. The van der Waals surface area contributed by atoms with E-state index in [2.05, 4.69) is 9.97 Å². The Bertz CT molecular complexity index is 356. The third-order valence-corrected chi connectivity index (χ3v) is 2.67. The van der Waals surface area contributed by atoms with E-state index in [4.69, 9.17) is 4.74 Å². The normalized spacial score (nSPS) is 20.6. The van der Waals surface area contributed by atoms with Gasteiger partial charge in [-0.2, -0.15) is 0 Å². The number of aromatic nitrogens is 2. The van der Waals surface area contributed by atoms with Crippen LogP contribution in [-0.4, -0.2) is 40.0 Å². The van der Waals surface area contributed by atoms with E-state index in [1.54, 1.807) is 19.2 Å². The van der Waals surface area contributed by atoms with Crippen LogP contribution in [0.5, 0.6) is 5.88 Å². The van der Waals surface area contributed by atoms with Crippen LogP contribution in [0.4, 0.5) is 0 Å². The maximum Gasteiger partial charge on any atom is 0.219 e. The molecule has 0 bridgehead atoms. The van der Waals surface area contributed by atoms with Crippen molar-refractivity contribution in [2.75, 3.05) is 13.1 Å². The van der Waals surface area contributed by atoms with Gasteiger partial charge in [0.25, 0.3) is 0 Å². The lowest BCUT2D eigenvalue weighted by molar-refractivity contribution is -0.131. The van der Waals surface area contributed by atoms with Crippen molar-refractivity contribution in [3.05, 3.63) is 18.6 Å². The summed E-state index contributed by atoms with van der Waals surface area (Å²) in [5, 5.41) is 0. The summed E-state index contributed by atoms with van der Waals surface area (Å²) in [7, 11) is 0. The Balaban J connectivity index is 1.93. The molecule has 0 aromatic carbocycles. The zero-order valence-corrected chi connectivity index (χ0v) is 9.30. The molecule has 86 valence electrons. The molecule has 5 nitrogen and oxygen atoms in total. The molecule has 0 radical (unpaired) electrons. The van der Waals surface area contributed by atoms with Gasteiger partial charge in [0.05, 0.1) is 6.54 Å². The summed E-state index contributed by atoms with van der Waals surface area (Å²) >= 11 is 0. The summed E-state index contributed by atoms with van der Waals surface area (Å²) in [6.07, 6.45) is 5.10. The maximum atomic E-state index is 11.2. The highest BCUT2D eigenvalue weighted by atomic mass is 16.5. The average Bonchev–Trinajstić information content (AvgIpc) is 2.30. The lowest BCUT2D eigenvalue weighted by Gasteiger charge is -2.31.